The Hall–Kier alpha value is -3.10. The number of thioether (sulfide) groups is 1. The smallest absolute Gasteiger partial charge is 0.251 e. The highest BCUT2D eigenvalue weighted by atomic mass is 32.2. The van der Waals surface area contributed by atoms with E-state index in [-0.39, 0.29) is 30.2 Å². The maximum absolute atomic E-state index is 14.9. The molecule has 6 rings (SSSR count). The van der Waals surface area contributed by atoms with E-state index in [4.69, 9.17) is 0 Å². The first kappa shape index (κ1) is 29.0. The lowest BCUT2D eigenvalue weighted by atomic mass is 9.74. The molecule has 0 aliphatic carbocycles. The number of likely N-dealkylation sites (tertiary alicyclic amines) is 1. The van der Waals surface area contributed by atoms with Crippen LogP contribution in [-0.4, -0.2) is 80.4 Å². The number of rotatable bonds is 7. The second-order valence-corrected chi connectivity index (χ2v) is 14.2. The van der Waals surface area contributed by atoms with Crippen molar-refractivity contribution in [1.82, 2.24) is 9.80 Å². The van der Waals surface area contributed by atoms with Crippen LogP contribution in [0.1, 0.15) is 40.5 Å². The Bertz CT molecular complexity index is 1470. The Morgan fingerprint density at radius 1 is 0.952 bits per heavy atom. The zero-order valence-electron chi connectivity index (χ0n) is 24.9. The van der Waals surface area contributed by atoms with Crippen LogP contribution in [0.4, 0.5) is 5.69 Å². The Labute approximate surface area is 252 Å². The number of aliphatic hydroxyl groups is 1. The van der Waals surface area contributed by atoms with Crippen molar-refractivity contribution in [3.05, 3.63) is 66.8 Å². The van der Waals surface area contributed by atoms with Crippen molar-refractivity contribution in [2.45, 2.75) is 62.1 Å². The summed E-state index contributed by atoms with van der Waals surface area (Å²) >= 11 is 1.59. The molecule has 4 heterocycles. The fourth-order valence-electron chi connectivity index (χ4n) is 7.73. The molecule has 2 fully saturated rings. The van der Waals surface area contributed by atoms with Gasteiger partial charge in [0, 0.05) is 30.1 Å². The molecule has 222 valence electrons. The molecule has 7 nitrogen and oxygen atoms in total. The van der Waals surface area contributed by atoms with Gasteiger partial charge >= 0.3 is 0 Å². The van der Waals surface area contributed by atoms with Gasteiger partial charge in [0.15, 0.2) is 0 Å². The fourth-order valence-corrected chi connectivity index (χ4v) is 9.87. The molecule has 7 atom stereocenters. The lowest BCUT2D eigenvalue weighted by Gasteiger charge is -2.41. The minimum atomic E-state index is -0.935. The molecule has 4 aliphatic heterocycles. The lowest BCUT2D eigenvalue weighted by Crippen LogP contribution is -2.58. The topological polar surface area (TPSA) is 81.2 Å². The SMILES string of the molecule is CCCN1CC=C[C@@]2(C)S[C@]34C=CCN(c5ccc6ccccc6c5)C(=O)C3N([C@@H](CO)[C@@H](C)CC)C(=O)[C@@H]4[C@H]2C1=O. The van der Waals surface area contributed by atoms with Crippen LogP contribution in [0.25, 0.3) is 10.8 Å². The van der Waals surface area contributed by atoms with Crippen molar-refractivity contribution in [2.24, 2.45) is 17.8 Å². The van der Waals surface area contributed by atoms with Crippen LogP contribution in [-0.2, 0) is 14.4 Å². The monoisotopic (exact) mass is 587 g/mol. The van der Waals surface area contributed by atoms with E-state index in [0.717, 1.165) is 29.3 Å². The Morgan fingerprint density at radius 3 is 2.40 bits per heavy atom. The van der Waals surface area contributed by atoms with Gasteiger partial charge in [-0.3, -0.25) is 14.4 Å². The Balaban J connectivity index is 1.51. The van der Waals surface area contributed by atoms with Crippen molar-refractivity contribution in [2.75, 3.05) is 31.1 Å². The van der Waals surface area contributed by atoms with Gasteiger partial charge in [-0.2, -0.15) is 0 Å². The third kappa shape index (κ3) is 4.24. The standard InChI is InChI=1S/C34H41N3O4S/c1-5-17-35-18-9-15-33(4)27(30(35)39)28-31(40)37(26(21-38)22(3)6-2)29-32(41)36(19-10-16-34(28,29)42-33)25-14-13-23-11-7-8-12-24(23)20-25/h7-16,20,22,26-29,38H,5-6,17-19,21H2,1-4H3/t22-,26-,27-,28-,29?,33+,34-/m0/s1. The van der Waals surface area contributed by atoms with E-state index < -0.39 is 33.4 Å². The van der Waals surface area contributed by atoms with Gasteiger partial charge in [-0.25, -0.2) is 0 Å². The first-order chi connectivity index (χ1) is 20.2. The summed E-state index contributed by atoms with van der Waals surface area (Å²) in [5.41, 5.74) is 0.772. The number of amides is 3. The number of hydrogen-bond donors (Lipinski definition) is 1. The first-order valence-electron chi connectivity index (χ1n) is 15.3. The van der Waals surface area contributed by atoms with Gasteiger partial charge in [0.2, 0.25) is 11.8 Å². The lowest BCUT2D eigenvalue weighted by molar-refractivity contribution is -0.146. The number of carbonyl (C=O) groups excluding carboxylic acids is 3. The van der Waals surface area contributed by atoms with Crippen LogP contribution in [0.3, 0.4) is 0 Å². The summed E-state index contributed by atoms with van der Waals surface area (Å²) in [6, 6.07) is 12.7. The number of benzene rings is 2. The van der Waals surface area contributed by atoms with Gasteiger partial charge in [-0.05, 0) is 42.2 Å². The summed E-state index contributed by atoms with van der Waals surface area (Å²) in [6.45, 7) is 9.43. The van der Waals surface area contributed by atoms with E-state index in [1.165, 1.54) is 0 Å². The molecule has 1 N–H and O–H groups in total. The molecule has 2 saturated heterocycles. The molecule has 2 aromatic carbocycles. The van der Waals surface area contributed by atoms with E-state index in [9.17, 15) is 19.5 Å². The molecule has 4 aliphatic rings. The summed E-state index contributed by atoms with van der Waals surface area (Å²) in [6.07, 6.45) is 9.79. The predicted molar refractivity (Wildman–Crippen MR) is 168 cm³/mol. The number of fused-ring (bicyclic) bond motifs is 3. The van der Waals surface area contributed by atoms with Gasteiger partial charge in [0.05, 0.1) is 29.2 Å². The molecule has 3 amide bonds. The van der Waals surface area contributed by atoms with Gasteiger partial charge < -0.3 is 19.8 Å². The van der Waals surface area contributed by atoms with E-state index in [1.807, 2.05) is 67.3 Å². The zero-order valence-corrected chi connectivity index (χ0v) is 25.7. The number of nitrogens with zero attached hydrogens (tertiary/aromatic N) is 3. The van der Waals surface area contributed by atoms with Crippen molar-refractivity contribution < 1.29 is 19.5 Å². The van der Waals surface area contributed by atoms with E-state index in [2.05, 4.69) is 32.1 Å². The average Bonchev–Trinajstić information content (AvgIpc) is 3.26. The summed E-state index contributed by atoms with van der Waals surface area (Å²) in [5.74, 6) is -1.72. The van der Waals surface area contributed by atoms with Crippen LogP contribution in [0.15, 0.2) is 66.8 Å². The first-order valence-corrected chi connectivity index (χ1v) is 16.1. The highest BCUT2D eigenvalue weighted by molar-refractivity contribution is 8.02. The fraction of sp³-hybridized carbons (Fsp3) is 0.500. The third-order valence-corrected chi connectivity index (χ3v) is 11.8. The molecule has 0 aromatic heterocycles. The molecule has 42 heavy (non-hydrogen) atoms. The van der Waals surface area contributed by atoms with Crippen LogP contribution in [0.5, 0.6) is 0 Å². The number of hydrogen-bond acceptors (Lipinski definition) is 5. The van der Waals surface area contributed by atoms with Gasteiger partial charge in [0.25, 0.3) is 5.91 Å². The summed E-state index contributed by atoms with van der Waals surface area (Å²) in [7, 11) is 0. The molecular weight excluding hydrogens is 546 g/mol. The molecular formula is C34H41N3O4S. The zero-order chi connectivity index (χ0) is 29.8. The van der Waals surface area contributed by atoms with E-state index in [1.54, 1.807) is 21.6 Å². The maximum atomic E-state index is 14.9. The predicted octanol–water partition coefficient (Wildman–Crippen LogP) is 4.65. The Kier molecular flexibility index (Phi) is 7.50. The summed E-state index contributed by atoms with van der Waals surface area (Å²) in [5, 5.41) is 12.8. The normalized spacial score (nSPS) is 32.1. The van der Waals surface area contributed by atoms with Crippen LogP contribution in [0.2, 0.25) is 0 Å². The molecule has 0 bridgehead atoms. The quantitative estimate of drug-likeness (QED) is 0.478. The molecule has 1 unspecified atom stereocenters. The van der Waals surface area contributed by atoms with Crippen LogP contribution >= 0.6 is 11.8 Å². The minimum Gasteiger partial charge on any atom is -0.394 e. The summed E-state index contributed by atoms with van der Waals surface area (Å²) in [4.78, 5) is 49.2. The van der Waals surface area contributed by atoms with Gasteiger partial charge in [-0.15, -0.1) is 11.8 Å². The highest BCUT2D eigenvalue weighted by Gasteiger charge is 2.74. The summed E-state index contributed by atoms with van der Waals surface area (Å²) < 4.78 is -1.58. The van der Waals surface area contributed by atoms with Crippen molar-refractivity contribution in [3.8, 4) is 0 Å². The average molecular weight is 588 g/mol. The van der Waals surface area contributed by atoms with Crippen molar-refractivity contribution in [3.63, 3.8) is 0 Å². The van der Waals surface area contributed by atoms with E-state index in [0.29, 0.717) is 19.6 Å². The van der Waals surface area contributed by atoms with Crippen LogP contribution < -0.4 is 4.90 Å². The Morgan fingerprint density at radius 2 is 1.69 bits per heavy atom. The second kappa shape index (κ2) is 10.9. The van der Waals surface area contributed by atoms with Gasteiger partial charge in [-0.1, -0.05) is 81.8 Å². The van der Waals surface area contributed by atoms with E-state index >= 15 is 0 Å². The molecule has 2 aromatic rings. The molecule has 0 saturated carbocycles. The van der Waals surface area contributed by atoms with Crippen molar-refractivity contribution in [1.29, 1.82) is 0 Å². The largest absolute Gasteiger partial charge is 0.394 e. The molecule has 1 spiro atoms. The van der Waals surface area contributed by atoms with Crippen molar-refractivity contribution >= 4 is 45.9 Å². The van der Waals surface area contributed by atoms with Gasteiger partial charge in [0.1, 0.15) is 6.04 Å². The molecule has 8 heteroatoms. The number of anilines is 1. The highest BCUT2D eigenvalue weighted by Crippen LogP contribution is 2.66. The maximum Gasteiger partial charge on any atom is 0.251 e. The second-order valence-electron chi connectivity index (χ2n) is 12.4. The number of aliphatic hydroxyl groups excluding tert-OH is 1. The molecule has 0 radical (unpaired) electrons. The minimum absolute atomic E-state index is 0.0201. The number of carbonyl (C=O) groups is 3. The third-order valence-electron chi connectivity index (χ3n) is 9.96. The van der Waals surface area contributed by atoms with Crippen LogP contribution in [0, 0.1) is 17.8 Å².